The topological polar surface area (TPSA) is 12.4 Å². The van der Waals surface area contributed by atoms with Gasteiger partial charge < -0.3 is 0 Å². The van der Waals surface area contributed by atoms with E-state index in [1.54, 1.807) is 0 Å². The van der Waals surface area contributed by atoms with Gasteiger partial charge in [-0.15, -0.1) is 0 Å². The fourth-order valence-corrected chi connectivity index (χ4v) is 2.68. The summed E-state index contributed by atoms with van der Waals surface area (Å²) in [7, 11) is 0. The number of nitrogens with zero attached hydrogens (tertiary/aromatic N) is 1. The van der Waals surface area contributed by atoms with Gasteiger partial charge in [-0.05, 0) is 19.8 Å². The first kappa shape index (κ1) is 16.0. The highest BCUT2D eigenvalue weighted by Crippen LogP contribution is 2.37. The molecular formula is C14H29NS. The first-order chi connectivity index (χ1) is 7.37. The summed E-state index contributed by atoms with van der Waals surface area (Å²) in [5.41, 5.74) is 1.72. The van der Waals surface area contributed by atoms with Gasteiger partial charge in [0.1, 0.15) is 0 Å². The van der Waals surface area contributed by atoms with Crippen LogP contribution in [0.15, 0.2) is 4.99 Å². The van der Waals surface area contributed by atoms with Crippen LogP contribution in [-0.4, -0.2) is 18.0 Å². The minimum atomic E-state index is 0.160. The number of thiol groups is 1. The Kier molecular flexibility index (Phi) is 6.69. The molecule has 0 spiro atoms. The molecule has 1 nitrogen and oxygen atoms in total. The predicted octanol–water partition coefficient (Wildman–Crippen LogP) is 4.62. The molecule has 1 unspecified atom stereocenters. The number of aliphatic imine (C=N–C) groups is 1. The van der Waals surface area contributed by atoms with E-state index < -0.39 is 0 Å². The van der Waals surface area contributed by atoms with Gasteiger partial charge in [0.05, 0.1) is 0 Å². The Morgan fingerprint density at radius 3 is 2.00 bits per heavy atom. The summed E-state index contributed by atoms with van der Waals surface area (Å²) in [6, 6.07) is 0. The van der Waals surface area contributed by atoms with Crippen molar-refractivity contribution in [3.63, 3.8) is 0 Å². The third kappa shape index (κ3) is 3.80. The van der Waals surface area contributed by atoms with Crippen LogP contribution in [0.5, 0.6) is 0 Å². The van der Waals surface area contributed by atoms with E-state index in [2.05, 4.69) is 54.2 Å². The Morgan fingerprint density at radius 1 is 1.12 bits per heavy atom. The molecule has 0 aromatic heterocycles. The summed E-state index contributed by atoms with van der Waals surface area (Å²) in [5, 5.41) is 0. The van der Waals surface area contributed by atoms with E-state index in [4.69, 9.17) is 4.99 Å². The van der Waals surface area contributed by atoms with Gasteiger partial charge in [-0.1, -0.05) is 41.0 Å². The van der Waals surface area contributed by atoms with Crippen LogP contribution in [-0.2, 0) is 0 Å². The molecule has 2 heteroatoms. The molecule has 0 amide bonds. The minimum Gasteiger partial charge on any atom is -0.293 e. The van der Waals surface area contributed by atoms with Crippen molar-refractivity contribution in [2.24, 2.45) is 15.8 Å². The molecule has 0 aliphatic carbocycles. The van der Waals surface area contributed by atoms with Crippen molar-refractivity contribution in [2.75, 3.05) is 12.3 Å². The Hall–Kier alpha value is 0.0200. The Balaban J connectivity index is 5.26. The molecule has 0 aliphatic rings. The van der Waals surface area contributed by atoms with Gasteiger partial charge in [0.15, 0.2) is 0 Å². The third-order valence-electron chi connectivity index (χ3n) is 3.56. The second-order valence-corrected chi connectivity index (χ2v) is 5.85. The molecule has 1 atom stereocenters. The molecule has 0 N–H and O–H groups in total. The molecule has 0 bridgehead atoms. The lowest BCUT2D eigenvalue weighted by molar-refractivity contribution is 0.393. The molecule has 0 rings (SSSR count). The van der Waals surface area contributed by atoms with Crippen molar-refractivity contribution in [1.82, 2.24) is 0 Å². The Bertz CT molecular complexity index is 233. The summed E-state index contributed by atoms with van der Waals surface area (Å²) in [6.07, 6.45) is 3.51. The van der Waals surface area contributed by atoms with Crippen LogP contribution in [0.4, 0.5) is 0 Å². The molecule has 0 saturated carbocycles. The lowest BCUT2D eigenvalue weighted by atomic mass is 9.69. The van der Waals surface area contributed by atoms with E-state index in [1.165, 1.54) is 18.6 Å². The molecule has 0 saturated heterocycles. The monoisotopic (exact) mass is 243 g/mol. The van der Waals surface area contributed by atoms with E-state index in [1.807, 2.05) is 0 Å². The SMILES string of the molecule is CCCC(C)(CS)C(=NCC)C(C)(C)CC. The molecular weight excluding hydrogens is 214 g/mol. The summed E-state index contributed by atoms with van der Waals surface area (Å²) in [4.78, 5) is 4.80. The van der Waals surface area contributed by atoms with E-state index in [0.29, 0.717) is 0 Å². The van der Waals surface area contributed by atoms with Gasteiger partial charge in [0.2, 0.25) is 0 Å². The van der Waals surface area contributed by atoms with Crippen LogP contribution in [0.2, 0.25) is 0 Å². The van der Waals surface area contributed by atoms with Gasteiger partial charge in [-0.3, -0.25) is 4.99 Å². The molecule has 0 aliphatic heterocycles. The van der Waals surface area contributed by atoms with Crippen LogP contribution < -0.4 is 0 Å². The zero-order valence-electron chi connectivity index (χ0n) is 11.9. The molecule has 0 aromatic rings. The summed E-state index contributed by atoms with van der Waals surface area (Å²) in [6.45, 7) is 14.4. The predicted molar refractivity (Wildman–Crippen MR) is 78.9 cm³/mol. The first-order valence-electron chi connectivity index (χ1n) is 6.54. The average molecular weight is 243 g/mol. The average Bonchev–Trinajstić information content (AvgIpc) is 2.25. The highest BCUT2D eigenvalue weighted by Gasteiger charge is 2.37. The molecule has 96 valence electrons. The quantitative estimate of drug-likeness (QED) is 0.495. The molecule has 0 aromatic carbocycles. The summed E-state index contributed by atoms with van der Waals surface area (Å²) < 4.78 is 0. The van der Waals surface area contributed by atoms with Crippen LogP contribution >= 0.6 is 12.6 Å². The lowest BCUT2D eigenvalue weighted by Crippen LogP contribution is -2.40. The molecule has 0 radical (unpaired) electrons. The van der Waals surface area contributed by atoms with Gasteiger partial charge in [0, 0.05) is 28.8 Å². The standard InChI is InChI=1S/C14H29NS/c1-7-10-14(6,11-16)12(15-9-3)13(4,5)8-2/h16H,7-11H2,1-6H3. The normalized spacial score (nSPS) is 17.3. The fraction of sp³-hybridized carbons (Fsp3) is 0.929. The van der Waals surface area contributed by atoms with Crippen molar-refractivity contribution >= 4 is 18.3 Å². The minimum absolute atomic E-state index is 0.160. The number of hydrogen-bond donors (Lipinski definition) is 1. The third-order valence-corrected chi connectivity index (χ3v) is 4.26. The first-order valence-corrected chi connectivity index (χ1v) is 7.17. The van der Waals surface area contributed by atoms with E-state index in [0.717, 1.165) is 18.7 Å². The highest BCUT2D eigenvalue weighted by atomic mass is 32.1. The maximum Gasteiger partial charge on any atom is 0.0360 e. The van der Waals surface area contributed by atoms with Gasteiger partial charge in [0.25, 0.3) is 0 Å². The lowest BCUT2D eigenvalue weighted by Gasteiger charge is -2.38. The largest absolute Gasteiger partial charge is 0.293 e. The van der Waals surface area contributed by atoms with Gasteiger partial charge in [-0.2, -0.15) is 12.6 Å². The van der Waals surface area contributed by atoms with Crippen molar-refractivity contribution in [2.45, 2.75) is 60.8 Å². The van der Waals surface area contributed by atoms with E-state index >= 15 is 0 Å². The van der Waals surface area contributed by atoms with Crippen molar-refractivity contribution in [3.05, 3.63) is 0 Å². The van der Waals surface area contributed by atoms with Crippen LogP contribution in [0.1, 0.15) is 60.8 Å². The number of rotatable bonds is 7. The Labute approximate surface area is 108 Å². The summed E-state index contributed by atoms with van der Waals surface area (Å²) in [5.74, 6) is 0.892. The molecule has 16 heavy (non-hydrogen) atoms. The zero-order valence-corrected chi connectivity index (χ0v) is 12.8. The van der Waals surface area contributed by atoms with E-state index in [9.17, 15) is 0 Å². The second-order valence-electron chi connectivity index (χ2n) is 5.53. The van der Waals surface area contributed by atoms with Crippen LogP contribution in [0, 0.1) is 10.8 Å². The maximum atomic E-state index is 4.80. The Morgan fingerprint density at radius 2 is 1.69 bits per heavy atom. The van der Waals surface area contributed by atoms with Gasteiger partial charge >= 0.3 is 0 Å². The van der Waals surface area contributed by atoms with Crippen LogP contribution in [0.3, 0.4) is 0 Å². The number of hydrogen-bond acceptors (Lipinski definition) is 2. The fourth-order valence-electron chi connectivity index (χ4n) is 2.37. The second kappa shape index (κ2) is 6.68. The summed E-state index contributed by atoms with van der Waals surface area (Å²) >= 11 is 4.56. The van der Waals surface area contributed by atoms with Crippen LogP contribution in [0.25, 0.3) is 0 Å². The van der Waals surface area contributed by atoms with E-state index in [-0.39, 0.29) is 10.8 Å². The van der Waals surface area contributed by atoms with Crippen molar-refractivity contribution in [1.29, 1.82) is 0 Å². The molecule has 0 heterocycles. The zero-order chi connectivity index (χ0) is 12.8. The maximum absolute atomic E-state index is 4.80. The molecule has 0 fully saturated rings. The van der Waals surface area contributed by atoms with Gasteiger partial charge in [-0.25, -0.2) is 0 Å². The van der Waals surface area contributed by atoms with Crippen molar-refractivity contribution in [3.8, 4) is 0 Å². The van der Waals surface area contributed by atoms with Crippen molar-refractivity contribution < 1.29 is 0 Å². The highest BCUT2D eigenvalue weighted by molar-refractivity contribution is 7.80. The smallest absolute Gasteiger partial charge is 0.0360 e.